The van der Waals surface area contributed by atoms with Gasteiger partial charge in [-0.2, -0.15) is 4.98 Å². The van der Waals surface area contributed by atoms with E-state index in [1.165, 1.54) is 11.1 Å². The van der Waals surface area contributed by atoms with Crippen LogP contribution in [0.2, 0.25) is 0 Å². The second-order valence-corrected chi connectivity index (χ2v) is 9.33. The molecule has 1 fully saturated rings. The molecule has 4 aromatic rings. The van der Waals surface area contributed by atoms with E-state index in [9.17, 15) is 19.5 Å². The first-order valence-corrected chi connectivity index (χ1v) is 11.9. The number of ketones is 1. The van der Waals surface area contributed by atoms with Crippen LogP contribution in [0.3, 0.4) is 0 Å². The van der Waals surface area contributed by atoms with Crippen LogP contribution in [0.1, 0.15) is 53.7 Å². The summed E-state index contributed by atoms with van der Waals surface area (Å²) in [5.41, 5.74) is 4.03. The van der Waals surface area contributed by atoms with Gasteiger partial charge in [-0.3, -0.25) is 9.20 Å². The zero-order chi connectivity index (χ0) is 26.3. The fourth-order valence-electron chi connectivity index (χ4n) is 4.39. The van der Waals surface area contributed by atoms with Crippen LogP contribution in [0.5, 0.6) is 0 Å². The minimum absolute atomic E-state index is 0.109. The van der Waals surface area contributed by atoms with E-state index in [2.05, 4.69) is 20.4 Å². The Balaban J connectivity index is 1.35. The van der Waals surface area contributed by atoms with Crippen molar-refractivity contribution in [2.75, 3.05) is 11.9 Å². The van der Waals surface area contributed by atoms with Gasteiger partial charge in [-0.15, -0.1) is 0 Å². The van der Waals surface area contributed by atoms with Gasteiger partial charge >= 0.3 is 6.09 Å². The number of nitrogens with one attached hydrogen (secondary N) is 1. The highest BCUT2D eigenvalue weighted by Crippen LogP contribution is 2.34. The number of fused-ring (bicyclic) bond motifs is 1. The Morgan fingerprint density at radius 1 is 1.22 bits per heavy atom. The number of nitrogens with zero attached hydrogens (tertiary/aromatic N) is 5. The number of amides is 2. The van der Waals surface area contributed by atoms with Crippen molar-refractivity contribution in [2.24, 2.45) is 0 Å². The number of hydrogen-bond donors (Lipinski definition) is 2. The number of carboxylic acid groups (broad SMARTS) is 1. The summed E-state index contributed by atoms with van der Waals surface area (Å²) < 4.78 is 7.14. The average molecular weight is 503 g/mol. The summed E-state index contributed by atoms with van der Waals surface area (Å²) in [6.45, 7) is 5.55. The summed E-state index contributed by atoms with van der Waals surface area (Å²) in [5.74, 6) is 0.367. The molecule has 2 amide bonds. The predicted octanol–water partition coefficient (Wildman–Crippen LogP) is 3.93. The molecular formula is C26H26N6O5. The second kappa shape index (κ2) is 9.49. The number of carbonyl (C=O) groups excluding carboxylic acids is 2. The normalized spacial score (nSPS) is 17.0. The number of anilines is 1. The van der Waals surface area contributed by atoms with Gasteiger partial charge in [0.25, 0.3) is 5.91 Å². The lowest BCUT2D eigenvalue weighted by molar-refractivity contribution is -0.116. The molecule has 5 rings (SSSR count). The quantitative estimate of drug-likeness (QED) is 0.387. The number of rotatable bonds is 7. The predicted molar refractivity (Wildman–Crippen MR) is 134 cm³/mol. The lowest BCUT2D eigenvalue weighted by Crippen LogP contribution is -2.55. The zero-order valence-electron chi connectivity index (χ0n) is 20.6. The van der Waals surface area contributed by atoms with Crippen LogP contribution in [0.4, 0.5) is 10.5 Å². The van der Waals surface area contributed by atoms with E-state index in [4.69, 9.17) is 4.52 Å². The first-order valence-electron chi connectivity index (χ1n) is 11.9. The molecule has 4 heterocycles. The average Bonchev–Trinajstić information content (AvgIpc) is 3.50. The molecule has 1 aliphatic heterocycles. The van der Waals surface area contributed by atoms with Gasteiger partial charge in [0.15, 0.2) is 0 Å². The molecule has 0 aliphatic carbocycles. The topological polar surface area (TPSA) is 143 Å². The zero-order valence-corrected chi connectivity index (χ0v) is 20.6. The third kappa shape index (κ3) is 4.67. The highest BCUT2D eigenvalue weighted by Gasteiger charge is 2.43. The van der Waals surface area contributed by atoms with Crippen LogP contribution < -0.4 is 5.32 Å². The third-order valence-electron chi connectivity index (χ3n) is 6.78. The van der Waals surface area contributed by atoms with Crippen LogP contribution >= 0.6 is 0 Å². The summed E-state index contributed by atoms with van der Waals surface area (Å²) in [6.07, 6.45) is 3.40. The Hall–Kier alpha value is -4.54. The Bertz CT molecular complexity index is 1520. The van der Waals surface area contributed by atoms with Gasteiger partial charge in [0.1, 0.15) is 17.1 Å². The summed E-state index contributed by atoms with van der Waals surface area (Å²) in [5, 5.41) is 16.2. The molecule has 0 spiro atoms. The maximum absolute atomic E-state index is 13.2. The fourth-order valence-corrected chi connectivity index (χ4v) is 4.39. The monoisotopic (exact) mass is 502 g/mol. The van der Waals surface area contributed by atoms with Crippen LogP contribution in [0, 0.1) is 6.92 Å². The van der Waals surface area contributed by atoms with Crippen molar-refractivity contribution in [1.82, 2.24) is 24.4 Å². The molecule has 190 valence electrons. The van der Waals surface area contributed by atoms with Crippen LogP contribution in [-0.4, -0.2) is 59.9 Å². The van der Waals surface area contributed by atoms with Gasteiger partial charge in [0, 0.05) is 36.5 Å². The molecule has 2 atom stereocenters. The number of hydrogen-bond acceptors (Lipinski definition) is 7. The molecule has 0 saturated carbocycles. The maximum Gasteiger partial charge on any atom is 0.407 e. The lowest BCUT2D eigenvalue weighted by atomic mass is 9.90. The molecule has 11 nitrogen and oxygen atoms in total. The van der Waals surface area contributed by atoms with Crippen molar-refractivity contribution < 1.29 is 24.0 Å². The largest absolute Gasteiger partial charge is 0.465 e. The summed E-state index contributed by atoms with van der Waals surface area (Å²) in [7, 11) is 0. The smallest absolute Gasteiger partial charge is 0.407 e. The molecule has 1 aliphatic rings. The Kier molecular flexibility index (Phi) is 6.20. The van der Waals surface area contributed by atoms with Gasteiger partial charge in [-0.25, -0.2) is 9.78 Å². The Morgan fingerprint density at radius 3 is 2.76 bits per heavy atom. The van der Waals surface area contributed by atoms with Gasteiger partial charge in [0.05, 0.1) is 12.1 Å². The number of carbonyl (C=O) groups is 3. The molecular weight excluding hydrogens is 476 g/mol. The maximum atomic E-state index is 13.2. The Morgan fingerprint density at radius 2 is 2.03 bits per heavy atom. The first kappa shape index (κ1) is 24.2. The van der Waals surface area contributed by atoms with Gasteiger partial charge in [-0.1, -0.05) is 23.4 Å². The molecule has 1 saturated heterocycles. The molecule has 2 N–H and O–H groups in total. The van der Waals surface area contributed by atoms with Crippen molar-refractivity contribution in [1.29, 1.82) is 0 Å². The van der Waals surface area contributed by atoms with Gasteiger partial charge in [-0.05, 0) is 50.5 Å². The molecule has 0 radical (unpaired) electrons. The Labute approximate surface area is 212 Å². The van der Waals surface area contributed by atoms with Crippen LogP contribution in [0.15, 0.2) is 47.2 Å². The summed E-state index contributed by atoms with van der Waals surface area (Å²) in [4.78, 5) is 45.9. The fraction of sp³-hybridized carbons (Fsp3) is 0.308. The molecule has 3 aromatic heterocycles. The molecule has 1 aromatic carbocycles. The number of likely N-dealkylation sites (tertiary alicyclic amines) is 1. The van der Waals surface area contributed by atoms with Gasteiger partial charge in [0.2, 0.25) is 11.7 Å². The van der Waals surface area contributed by atoms with E-state index in [1.807, 2.05) is 37.4 Å². The van der Waals surface area contributed by atoms with E-state index >= 15 is 0 Å². The van der Waals surface area contributed by atoms with E-state index in [-0.39, 0.29) is 23.7 Å². The summed E-state index contributed by atoms with van der Waals surface area (Å²) in [6, 6.07) is 8.95. The van der Waals surface area contributed by atoms with E-state index in [0.717, 1.165) is 11.1 Å². The molecule has 0 bridgehead atoms. The SMILES string of the molecule is CC(=O)CCc1ccc2ncc(C(=O)Nc3cc(-c4noc(C5CN(C(=O)O)C5C)n4)ccc3C)n2c1. The van der Waals surface area contributed by atoms with Gasteiger partial charge < -0.3 is 24.6 Å². The lowest BCUT2D eigenvalue weighted by Gasteiger charge is -2.42. The van der Waals surface area contributed by atoms with Crippen molar-refractivity contribution in [3.8, 4) is 11.4 Å². The molecule has 2 unspecified atom stereocenters. The van der Waals surface area contributed by atoms with Crippen LogP contribution in [0.25, 0.3) is 17.0 Å². The molecule has 11 heteroatoms. The number of aromatic nitrogens is 4. The number of pyridine rings is 1. The summed E-state index contributed by atoms with van der Waals surface area (Å²) >= 11 is 0. The van der Waals surface area contributed by atoms with Crippen molar-refractivity contribution in [2.45, 2.75) is 45.6 Å². The highest BCUT2D eigenvalue weighted by molar-refractivity contribution is 6.04. The third-order valence-corrected chi connectivity index (χ3v) is 6.78. The van der Waals surface area contributed by atoms with E-state index in [1.54, 1.807) is 24.3 Å². The minimum Gasteiger partial charge on any atom is -0.465 e. The number of benzene rings is 1. The van der Waals surface area contributed by atoms with Crippen molar-refractivity contribution in [3.63, 3.8) is 0 Å². The van der Waals surface area contributed by atoms with E-state index < -0.39 is 6.09 Å². The van der Waals surface area contributed by atoms with Crippen molar-refractivity contribution >= 4 is 29.1 Å². The number of imidazole rings is 1. The minimum atomic E-state index is -0.972. The highest BCUT2D eigenvalue weighted by atomic mass is 16.5. The first-order chi connectivity index (χ1) is 17.7. The van der Waals surface area contributed by atoms with Crippen molar-refractivity contribution in [3.05, 3.63) is 65.4 Å². The standard InChI is InChI=1S/C26H26N6O5/c1-14-4-8-18(23-29-25(37-30-23)19-13-31(16(19)3)26(35)36)10-20(14)28-24(34)21-11-27-22-9-7-17(12-32(21)22)6-5-15(2)33/h4,7-12,16,19H,5-6,13H2,1-3H3,(H,28,34)(H,35,36). The van der Waals surface area contributed by atoms with Crippen LogP contribution in [-0.2, 0) is 11.2 Å². The van der Waals surface area contributed by atoms with E-state index in [0.29, 0.717) is 53.7 Å². The number of Topliss-reactive ketones (excluding diaryl/α,β-unsaturated/α-hetero) is 1. The number of aryl methyl sites for hydroxylation is 2. The molecule has 37 heavy (non-hydrogen) atoms. The second-order valence-electron chi connectivity index (χ2n) is 9.33.